The van der Waals surface area contributed by atoms with Crippen molar-refractivity contribution in [2.45, 2.75) is 25.7 Å². The topological polar surface area (TPSA) is 119 Å². The third kappa shape index (κ3) is 5.52. The van der Waals surface area contributed by atoms with Crippen molar-refractivity contribution in [3.8, 4) is 0 Å². The minimum absolute atomic E-state index is 0.359. The Morgan fingerprint density at radius 2 is 1.45 bits per heavy atom. The molecule has 108 valence electrons. The van der Waals surface area contributed by atoms with Gasteiger partial charge in [0.1, 0.15) is 37.5 Å². The second-order valence-electron chi connectivity index (χ2n) is 3.96. The zero-order chi connectivity index (χ0) is 14.0. The molecule has 0 saturated heterocycles. The molecule has 0 spiro atoms. The van der Waals surface area contributed by atoms with Gasteiger partial charge in [0, 0.05) is 17.4 Å². The Hall–Kier alpha value is -1.70. The lowest BCUT2D eigenvalue weighted by molar-refractivity contribution is 0.221. The Balaban J connectivity index is 1.46. The first kappa shape index (κ1) is 14.7. The predicted molar refractivity (Wildman–Crippen MR) is 68.9 cm³/mol. The molecule has 2 aromatic heterocycles. The molecule has 0 atom stereocenters. The molecule has 0 aromatic carbocycles. The number of rotatable bonds is 10. The maximum absolute atomic E-state index is 11.4. The summed E-state index contributed by atoms with van der Waals surface area (Å²) in [6.07, 6.45) is 5.72. The summed E-state index contributed by atoms with van der Waals surface area (Å²) in [5.41, 5.74) is 0. The summed E-state index contributed by atoms with van der Waals surface area (Å²) in [6.45, 7) is 0.718. The highest BCUT2D eigenvalue weighted by molar-refractivity contribution is 7.33. The van der Waals surface area contributed by atoms with Gasteiger partial charge in [-0.2, -0.15) is 10.2 Å². The highest BCUT2D eigenvalue weighted by Gasteiger charge is 2.19. The van der Waals surface area contributed by atoms with Crippen LogP contribution in [0.4, 0.5) is 0 Å². The molecule has 2 N–H and O–H groups in total. The second-order valence-corrected chi connectivity index (χ2v) is 4.93. The van der Waals surface area contributed by atoms with E-state index in [-0.39, 0.29) is 0 Å². The molecule has 9 nitrogen and oxygen atoms in total. The van der Waals surface area contributed by atoms with Gasteiger partial charge in [-0.3, -0.25) is 10.2 Å². The average molecular weight is 299 g/mol. The van der Waals surface area contributed by atoms with Crippen molar-refractivity contribution in [2.75, 3.05) is 13.2 Å². The molecule has 20 heavy (non-hydrogen) atoms. The van der Waals surface area contributed by atoms with Crippen molar-refractivity contribution in [1.82, 2.24) is 30.4 Å². The summed E-state index contributed by atoms with van der Waals surface area (Å²) < 4.78 is 21.5. The van der Waals surface area contributed by atoms with E-state index in [1.165, 1.54) is 12.7 Å². The van der Waals surface area contributed by atoms with Crippen LogP contribution in [-0.2, 0) is 26.5 Å². The molecule has 0 amide bonds. The number of H-pyrrole nitrogens is 2. The summed E-state index contributed by atoms with van der Waals surface area (Å²) in [5.74, 6) is 1.58. The molecular formula is C10H16N6O3P+. The smallest absolute Gasteiger partial charge is 0.263 e. The molecule has 2 heterocycles. The van der Waals surface area contributed by atoms with Crippen molar-refractivity contribution in [2.24, 2.45) is 0 Å². The third-order valence-electron chi connectivity index (χ3n) is 2.44. The summed E-state index contributed by atoms with van der Waals surface area (Å²) in [5, 5.41) is 13.0. The molecule has 0 radical (unpaired) electrons. The van der Waals surface area contributed by atoms with Gasteiger partial charge in [-0.15, -0.1) is 9.05 Å². The van der Waals surface area contributed by atoms with E-state index < -0.39 is 8.25 Å². The first-order valence-electron chi connectivity index (χ1n) is 6.26. The van der Waals surface area contributed by atoms with E-state index in [4.69, 9.17) is 9.05 Å². The van der Waals surface area contributed by atoms with Crippen LogP contribution in [-0.4, -0.2) is 43.6 Å². The van der Waals surface area contributed by atoms with Crippen LogP contribution in [0.2, 0.25) is 0 Å². The Labute approximate surface area is 116 Å². The standard InChI is InChI=1S/C10H16N6O3P/c17-20(18-5-1-3-9-11-7-13-15-9)19-6-2-4-10-12-8-14-16-10/h7-8H,1-6H2,(H,11,13,15)(H,12,14,16)/q+1. The van der Waals surface area contributed by atoms with Crippen molar-refractivity contribution < 1.29 is 13.6 Å². The quantitative estimate of drug-likeness (QED) is 0.499. The van der Waals surface area contributed by atoms with Crippen LogP contribution < -0.4 is 0 Å². The van der Waals surface area contributed by atoms with Crippen molar-refractivity contribution in [1.29, 1.82) is 0 Å². The number of nitrogens with zero attached hydrogens (tertiary/aromatic N) is 4. The first-order valence-corrected chi connectivity index (χ1v) is 7.35. The Morgan fingerprint density at radius 1 is 0.950 bits per heavy atom. The molecule has 2 aromatic rings. The monoisotopic (exact) mass is 299 g/mol. The van der Waals surface area contributed by atoms with E-state index in [1.54, 1.807) is 0 Å². The fraction of sp³-hybridized carbons (Fsp3) is 0.600. The summed E-state index contributed by atoms with van der Waals surface area (Å²) >= 11 is 0. The van der Waals surface area contributed by atoms with E-state index in [0.717, 1.165) is 11.6 Å². The molecule has 0 fully saturated rings. The maximum Gasteiger partial charge on any atom is 0.697 e. The molecule has 0 saturated carbocycles. The van der Waals surface area contributed by atoms with Gasteiger partial charge < -0.3 is 0 Å². The molecule has 0 bridgehead atoms. The lowest BCUT2D eigenvalue weighted by Gasteiger charge is -1.94. The number of aromatic amines is 2. The lowest BCUT2D eigenvalue weighted by atomic mass is 10.3. The molecule has 10 heteroatoms. The lowest BCUT2D eigenvalue weighted by Crippen LogP contribution is -1.97. The molecular weight excluding hydrogens is 283 g/mol. The Morgan fingerprint density at radius 3 is 1.85 bits per heavy atom. The van der Waals surface area contributed by atoms with Crippen LogP contribution in [0.5, 0.6) is 0 Å². The fourth-order valence-corrected chi connectivity index (χ4v) is 2.13. The summed E-state index contributed by atoms with van der Waals surface area (Å²) in [6, 6.07) is 0. The van der Waals surface area contributed by atoms with Crippen LogP contribution in [0.1, 0.15) is 24.5 Å². The fourth-order valence-electron chi connectivity index (χ4n) is 1.50. The number of aromatic nitrogens is 6. The van der Waals surface area contributed by atoms with Crippen molar-refractivity contribution >= 4 is 8.25 Å². The SMILES string of the molecule is O=[P+](OCCCc1ncn[nH]1)OCCCc1ncn[nH]1. The Kier molecular flexibility index (Phi) is 6.22. The van der Waals surface area contributed by atoms with Crippen LogP contribution in [0.15, 0.2) is 12.7 Å². The van der Waals surface area contributed by atoms with Gasteiger partial charge in [-0.25, -0.2) is 9.97 Å². The summed E-state index contributed by atoms with van der Waals surface area (Å²) in [7, 11) is -2.06. The molecule has 0 aliphatic heterocycles. The largest absolute Gasteiger partial charge is 0.697 e. The van der Waals surface area contributed by atoms with Gasteiger partial charge in [0.05, 0.1) is 0 Å². The van der Waals surface area contributed by atoms with Gasteiger partial charge in [0.2, 0.25) is 0 Å². The van der Waals surface area contributed by atoms with Crippen LogP contribution in [0.3, 0.4) is 0 Å². The normalized spacial score (nSPS) is 10.8. The van der Waals surface area contributed by atoms with Crippen LogP contribution >= 0.6 is 8.25 Å². The van der Waals surface area contributed by atoms with E-state index in [0.29, 0.717) is 38.9 Å². The van der Waals surface area contributed by atoms with Gasteiger partial charge in [-0.05, 0) is 12.8 Å². The van der Waals surface area contributed by atoms with Crippen molar-refractivity contribution in [3.63, 3.8) is 0 Å². The molecule has 0 unspecified atom stereocenters. The maximum atomic E-state index is 11.4. The van der Waals surface area contributed by atoms with E-state index in [9.17, 15) is 4.57 Å². The zero-order valence-corrected chi connectivity index (χ0v) is 11.8. The molecule has 0 aliphatic carbocycles. The summed E-state index contributed by atoms with van der Waals surface area (Å²) in [4.78, 5) is 7.96. The van der Waals surface area contributed by atoms with Gasteiger partial charge in [0.25, 0.3) is 0 Å². The minimum atomic E-state index is -2.06. The number of hydrogen-bond donors (Lipinski definition) is 2. The van der Waals surface area contributed by atoms with Gasteiger partial charge in [-0.1, -0.05) is 0 Å². The minimum Gasteiger partial charge on any atom is -0.263 e. The van der Waals surface area contributed by atoms with E-state index in [1.807, 2.05) is 0 Å². The third-order valence-corrected chi connectivity index (χ3v) is 3.23. The Bertz CT molecular complexity index is 445. The number of hydrogen-bond acceptors (Lipinski definition) is 7. The second kappa shape index (κ2) is 8.47. The highest BCUT2D eigenvalue weighted by atomic mass is 31.1. The predicted octanol–water partition coefficient (Wildman–Crippen LogP) is 1.18. The molecule has 2 rings (SSSR count). The zero-order valence-electron chi connectivity index (χ0n) is 10.9. The van der Waals surface area contributed by atoms with Gasteiger partial charge in [0.15, 0.2) is 0 Å². The van der Waals surface area contributed by atoms with Gasteiger partial charge >= 0.3 is 8.25 Å². The van der Waals surface area contributed by atoms with E-state index in [2.05, 4.69) is 30.4 Å². The number of aryl methyl sites for hydroxylation is 2. The van der Waals surface area contributed by atoms with Crippen LogP contribution in [0.25, 0.3) is 0 Å². The number of nitrogens with one attached hydrogen (secondary N) is 2. The average Bonchev–Trinajstić information content (AvgIpc) is 3.13. The van der Waals surface area contributed by atoms with E-state index >= 15 is 0 Å². The van der Waals surface area contributed by atoms with Crippen molar-refractivity contribution in [3.05, 3.63) is 24.3 Å². The van der Waals surface area contributed by atoms with Crippen LogP contribution in [0, 0.1) is 0 Å². The highest BCUT2D eigenvalue weighted by Crippen LogP contribution is 2.24. The first-order chi connectivity index (χ1) is 9.84. The molecule has 0 aliphatic rings.